The van der Waals surface area contributed by atoms with E-state index < -0.39 is 27.9 Å². The van der Waals surface area contributed by atoms with E-state index in [1.807, 2.05) is 25.1 Å². The van der Waals surface area contributed by atoms with Gasteiger partial charge in [0, 0.05) is 29.2 Å². The highest BCUT2D eigenvalue weighted by Crippen LogP contribution is 2.46. The van der Waals surface area contributed by atoms with Crippen molar-refractivity contribution in [3.8, 4) is 0 Å². The van der Waals surface area contributed by atoms with E-state index in [0.29, 0.717) is 16.7 Å². The minimum absolute atomic E-state index is 0.0549. The summed E-state index contributed by atoms with van der Waals surface area (Å²) in [5, 5.41) is 10.2. The highest BCUT2D eigenvalue weighted by molar-refractivity contribution is 7.89. The van der Waals surface area contributed by atoms with E-state index in [4.69, 9.17) is 0 Å². The van der Waals surface area contributed by atoms with E-state index in [2.05, 4.69) is 0 Å². The fourth-order valence-electron chi connectivity index (χ4n) is 4.56. The molecule has 0 radical (unpaired) electrons. The number of aromatic nitrogens is 1. The van der Waals surface area contributed by atoms with Crippen molar-refractivity contribution in [1.29, 1.82) is 0 Å². The van der Waals surface area contributed by atoms with Crippen LogP contribution in [0.25, 0.3) is 10.9 Å². The second kappa shape index (κ2) is 7.83. The zero-order valence-electron chi connectivity index (χ0n) is 17.8. The number of sulfonamides is 1. The van der Waals surface area contributed by atoms with Gasteiger partial charge in [-0.2, -0.15) is 4.31 Å². The van der Waals surface area contributed by atoms with E-state index in [1.165, 1.54) is 16.4 Å². The number of hydrogen-bond donors (Lipinski definition) is 1. The first-order chi connectivity index (χ1) is 15.8. The van der Waals surface area contributed by atoms with Gasteiger partial charge in [0.15, 0.2) is 0 Å². The Labute approximate surface area is 190 Å². The maximum absolute atomic E-state index is 13.6. The van der Waals surface area contributed by atoms with Gasteiger partial charge in [0.25, 0.3) is 0 Å². The molecule has 0 saturated heterocycles. The second-order valence-electron chi connectivity index (χ2n) is 8.24. The number of hydrogen-bond acceptors (Lipinski definition) is 3. The summed E-state index contributed by atoms with van der Waals surface area (Å²) in [6.07, 6.45) is 1.73. The van der Waals surface area contributed by atoms with Gasteiger partial charge < -0.3 is 9.67 Å². The van der Waals surface area contributed by atoms with Crippen molar-refractivity contribution in [1.82, 2.24) is 8.87 Å². The summed E-state index contributed by atoms with van der Waals surface area (Å²) in [7, 11) is -3.83. The van der Waals surface area contributed by atoms with Crippen molar-refractivity contribution < 1.29 is 22.7 Å². The maximum Gasteiger partial charge on any atom is 0.323 e. The third-order valence-electron chi connectivity index (χ3n) is 6.01. The number of rotatable bonds is 5. The van der Waals surface area contributed by atoms with Crippen LogP contribution in [0.4, 0.5) is 4.39 Å². The molecule has 3 aromatic carbocycles. The molecule has 8 heteroatoms. The number of carboxylic acid groups (broad SMARTS) is 1. The molecule has 0 saturated carbocycles. The molecule has 0 spiro atoms. The Kier molecular flexibility index (Phi) is 5.07. The standard InChI is InChI=1S/C25H21FN2O4S/c1-16-6-11-22-20(12-16)21(14-27(22)15-24(29)30)25-19-4-2-3-5-23(19)33(31,32)28(25)13-17-7-9-18(26)10-8-17/h2-12,14,25H,13,15H2,1H3,(H,29,30). The zero-order chi connectivity index (χ0) is 23.3. The molecule has 2 heterocycles. The third-order valence-corrected chi connectivity index (χ3v) is 7.89. The molecule has 1 aliphatic rings. The molecule has 5 rings (SSSR count). The van der Waals surface area contributed by atoms with Crippen molar-refractivity contribution in [2.75, 3.05) is 0 Å². The van der Waals surface area contributed by atoms with Crippen LogP contribution in [0, 0.1) is 12.7 Å². The summed E-state index contributed by atoms with van der Waals surface area (Å²) >= 11 is 0. The molecular weight excluding hydrogens is 443 g/mol. The van der Waals surface area contributed by atoms with Gasteiger partial charge in [-0.25, -0.2) is 12.8 Å². The Hall–Kier alpha value is -3.49. The lowest BCUT2D eigenvalue weighted by Gasteiger charge is -2.24. The number of aliphatic carboxylic acids is 1. The van der Waals surface area contributed by atoms with E-state index in [-0.39, 0.29) is 18.0 Å². The lowest BCUT2D eigenvalue weighted by Crippen LogP contribution is -2.28. The summed E-state index contributed by atoms with van der Waals surface area (Å²) in [4.78, 5) is 11.7. The number of carbonyl (C=O) groups is 1. The van der Waals surface area contributed by atoms with Gasteiger partial charge in [-0.3, -0.25) is 4.79 Å². The highest BCUT2D eigenvalue weighted by Gasteiger charge is 2.44. The monoisotopic (exact) mass is 464 g/mol. The van der Waals surface area contributed by atoms with Crippen LogP contribution in [0.3, 0.4) is 0 Å². The number of aryl methyl sites for hydroxylation is 1. The molecule has 1 aromatic heterocycles. The number of halogens is 1. The molecule has 168 valence electrons. The van der Waals surface area contributed by atoms with Gasteiger partial charge in [-0.05, 0) is 48.4 Å². The molecule has 1 unspecified atom stereocenters. The van der Waals surface area contributed by atoms with Crippen molar-refractivity contribution in [3.05, 3.63) is 101 Å². The average molecular weight is 465 g/mol. The van der Waals surface area contributed by atoms with Crippen LogP contribution >= 0.6 is 0 Å². The number of nitrogens with zero attached hydrogens (tertiary/aromatic N) is 2. The fourth-order valence-corrected chi connectivity index (χ4v) is 6.37. The van der Waals surface area contributed by atoms with Gasteiger partial charge >= 0.3 is 5.97 Å². The second-order valence-corrected chi connectivity index (χ2v) is 10.1. The molecule has 33 heavy (non-hydrogen) atoms. The summed E-state index contributed by atoms with van der Waals surface area (Å²) in [6.45, 7) is 1.76. The zero-order valence-corrected chi connectivity index (χ0v) is 18.6. The lowest BCUT2D eigenvalue weighted by molar-refractivity contribution is -0.137. The van der Waals surface area contributed by atoms with E-state index in [1.54, 1.807) is 47.2 Å². The van der Waals surface area contributed by atoms with Gasteiger partial charge in [0.2, 0.25) is 10.0 Å². The van der Waals surface area contributed by atoms with Crippen LogP contribution in [0.1, 0.15) is 28.3 Å². The van der Waals surface area contributed by atoms with Gasteiger partial charge in [-0.15, -0.1) is 0 Å². The van der Waals surface area contributed by atoms with Crippen LogP contribution in [0.2, 0.25) is 0 Å². The Morgan fingerprint density at radius 2 is 1.76 bits per heavy atom. The molecule has 6 nitrogen and oxygen atoms in total. The minimum Gasteiger partial charge on any atom is -0.480 e. The Morgan fingerprint density at radius 3 is 2.48 bits per heavy atom. The summed E-state index contributed by atoms with van der Waals surface area (Å²) < 4.78 is 43.6. The molecular formula is C25H21FN2O4S. The smallest absolute Gasteiger partial charge is 0.323 e. The van der Waals surface area contributed by atoms with Crippen molar-refractivity contribution in [2.24, 2.45) is 0 Å². The molecule has 0 fully saturated rings. The summed E-state index contributed by atoms with van der Waals surface area (Å²) in [5.41, 5.74) is 3.71. The SMILES string of the molecule is Cc1ccc2c(c1)c(C1c3ccccc3S(=O)(=O)N1Cc1ccc(F)cc1)cn2CC(=O)O. The Balaban J connectivity index is 1.73. The topological polar surface area (TPSA) is 79.6 Å². The Morgan fingerprint density at radius 1 is 1.03 bits per heavy atom. The molecule has 0 amide bonds. The first-order valence-corrected chi connectivity index (χ1v) is 11.9. The van der Waals surface area contributed by atoms with Gasteiger partial charge in [0.05, 0.1) is 10.9 Å². The van der Waals surface area contributed by atoms with Crippen LogP contribution < -0.4 is 0 Å². The maximum atomic E-state index is 13.6. The fraction of sp³-hybridized carbons (Fsp3) is 0.160. The number of benzene rings is 3. The molecule has 0 aliphatic carbocycles. The van der Waals surface area contributed by atoms with Crippen molar-refractivity contribution in [2.45, 2.75) is 31.0 Å². The van der Waals surface area contributed by atoms with Crippen molar-refractivity contribution in [3.63, 3.8) is 0 Å². The molecule has 1 N–H and O–H groups in total. The van der Waals surface area contributed by atoms with Crippen LogP contribution in [0.15, 0.2) is 77.8 Å². The minimum atomic E-state index is -3.83. The quantitative estimate of drug-likeness (QED) is 0.473. The number of fused-ring (bicyclic) bond motifs is 2. The predicted molar refractivity (Wildman–Crippen MR) is 122 cm³/mol. The van der Waals surface area contributed by atoms with Crippen LogP contribution in [0.5, 0.6) is 0 Å². The Bertz CT molecular complexity index is 1490. The predicted octanol–water partition coefficient (Wildman–Crippen LogP) is 4.47. The molecule has 0 bridgehead atoms. The average Bonchev–Trinajstić information content (AvgIpc) is 3.21. The van der Waals surface area contributed by atoms with Crippen LogP contribution in [-0.4, -0.2) is 28.4 Å². The summed E-state index contributed by atoms with van der Waals surface area (Å²) in [5.74, 6) is -1.38. The van der Waals surface area contributed by atoms with Crippen LogP contribution in [-0.2, 0) is 27.9 Å². The molecule has 1 atom stereocenters. The molecule has 4 aromatic rings. The highest BCUT2D eigenvalue weighted by atomic mass is 32.2. The van der Waals surface area contributed by atoms with E-state index >= 15 is 0 Å². The normalized spacial score (nSPS) is 17.3. The van der Waals surface area contributed by atoms with E-state index in [0.717, 1.165) is 16.5 Å². The van der Waals surface area contributed by atoms with Gasteiger partial charge in [0.1, 0.15) is 12.4 Å². The largest absolute Gasteiger partial charge is 0.480 e. The first kappa shape index (κ1) is 21.4. The number of carboxylic acids is 1. The van der Waals surface area contributed by atoms with E-state index in [9.17, 15) is 22.7 Å². The van der Waals surface area contributed by atoms with Crippen molar-refractivity contribution >= 4 is 26.9 Å². The third kappa shape index (κ3) is 3.61. The summed E-state index contributed by atoms with van der Waals surface area (Å²) in [6, 6.07) is 17.7. The van der Waals surface area contributed by atoms with Gasteiger partial charge in [-0.1, -0.05) is 42.0 Å². The first-order valence-electron chi connectivity index (χ1n) is 10.4. The molecule has 1 aliphatic heterocycles. The lowest BCUT2D eigenvalue weighted by atomic mass is 9.97.